The molecule has 2 aromatic rings. The Bertz CT molecular complexity index is 632. The highest BCUT2D eigenvalue weighted by Crippen LogP contribution is 2.19. The Morgan fingerprint density at radius 2 is 1.76 bits per heavy atom. The monoisotopic (exact) mass is 283 g/mol. The first-order valence-corrected chi connectivity index (χ1v) is 6.97. The molecule has 0 N–H and O–H groups in total. The normalized spacial score (nSPS) is 10.3. The number of likely N-dealkylation sites (N-methyl/N-ethyl adjacent to an activating group) is 1. The van der Waals surface area contributed by atoms with Gasteiger partial charge in [0.1, 0.15) is 5.75 Å². The predicted octanol–water partition coefficient (Wildman–Crippen LogP) is 3.63. The number of ether oxygens (including phenoxy) is 1. The first-order valence-electron chi connectivity index (χ1n) is 6.97. The molecule has 3 heteroatoms. The van der Waals surface area contributed by atoms with Gasteiger partial charge in [0.15, 0.2) is 5.78 Å². The van der Waals surface area contributed by atoms with Crippen molar-refractivity contribution >= 4 is 11.5 Å². The zero-order chi connectivity index (χ0) is 15.4. The molecular formula is C18H21NO2. The van der Waals surface area contributed by atoms with E-state index in [1.54, 1.807) is 7.11 Å². The van der Waals surface area contributed by atoms with Crippen LogP contribution in [0.3, 0.4) is 0 Å². The first-order chi connectivity index (χ1) is 10.0. The van der Waals surface area contributed by atoms with Crippen LogP contribution in [0.2, 0.25) is 0 Å². The van der Waals surface area contributed by atoms with E-state index in [1.165, 1.54) is 5.56 Å². The fourth-order valence-corrected chi connectivity index (χ4v) is 2.36. The maximum Gasteiger partial charge on any atom is 0.182 e. The van der Waals surface area contributed by atoms with Gasteiger partial charge in [-0.25, -0.2) is 0 Å². The van der Waals surface area contributed by atoms with Crippen LogP contribution in [0.25, 0.3) is 0 Å². The number of anilines is 1. The van der Waals surface area contributed by atoms with E-state index in [0.717, 1.165) is 22.6 Å². The van der Waals surface area contributed by atoms with Crippen molar-refractivity contribution in [1.29, 1.82) is 0 Å². The van der Waals surface area contributed by atoms with E-state index >= 15 is 0 Å². The number of carbonyl (C=O) groups excluding carboxylic acids is 1. The minimum Gasteiger partial charge on any atom is -0.497 e. The summed E-state index contributed by atoms with van der Waals surface area (Å²) in [6.07, 6.45) is 0. The standard InChI is InChI=1S/C18H21NO2/c1-13-5-10-17(14(2)11-13)18(20)12-19(3)15-6-8-16(21-4)9-7-15/h5-11H,12H2,1-4H3. The second-order valence-corrected chi connectivity index (χ2v) is 5.30. The smallest absolute Gasteiger partial charge is 0.182 e. The molecule has 2 rings (SSSR count). The number of nitrogens with zero attached hydrogens (tertiary/aromatic N) is 1. The van der Waals surface area contributed by atoms with Crippen LogP contribution in [0.4, 0.5) is 5.69 Å². The molecule has 0 heterocycles. The second kappa shape index (κ2) is 6.44. The largest absolute Gasteiger partial charge is 0.497 e. The molecule has 3 nitrogen and oxygen atoms in total. The van der Waals surface area contributed by atoms with E-state index in [-0.39, 0.29) is 5.78 Å². The molecule has 0 fully saturated rings. The Morgan fingerprint density at radius 1 is 1.10 bits per heavy atom. The Balaban J connectivity index is 2.10. The van der Waals surface area contributed by atoms with E-state index < -0.39 is 0 Å². The molecule has 0 aliphatic rings. The van der Waals surface area contributed by atoms with Crippen molar-refractivity contribution in [3.63, 3.8) is 0 Å². The molecule has 0 bridgehead atoms. The molecule has 0 aliphatic heterocycles. The van der Waals surface area contributed by atoms with Gasteiger partial charge in [0.05, 0.1) is 13.7 Å². The van der Waals surface area contributed by atoms with Crippen LogP contribution in [0.1, 0.15) is 21.5 Å². The van der Waals surface area contributed by atoms with Gasteiger partial charge in [-0.05, 0) is 43.7 Å². The van der Waals surface area contributed by atoms with Gasteiger partial charge in [0, 0.05) is 18.3 Å². The minimum absolute atomic E-state index is 0.130. The van der Waals surface area contributed by atoms with E-state index in [1.807, 2.05) is 68.3 Å². The van der Waals surface area contributed by atoms with Crippen LogP contribution >= 0.6 is 0 Å². The van der Waals surface area contributed by atoms with Gasteiger partial charge in [0.2, 0.25) is 0 Å². The van der Waals surface area contributed by atoms with Gasteiger partial charge >= 0.3 is 0 Å². The lowest BCUT2D eigenvalue weighted by Crippen LogP contribution is -2.26. The highest BCUT2D eigenvalue weighted by Gasteiger charge is 2.12. The third kappa shape index (κ3) is 3.63. The van der Waals surface area contributed by atoms with E-state index in [9.17, 15) is 4.79 Å². The zero-order valence-electron chi connectivity index (χ0n) is 13.0. The van der Waals surface area contributed by atoms with Crippen molar-refractivity contribution in [3.8, 4) is 5.75 Å². The van der Waals surface area contributed by atoms with Crippen molar-refractivity contribution in [1.82, 2.24) is 0 Å². The Morgan fingerprint density at radius 3 is 2.33 bits per heavy atom. The number of aryl methyl sites for hydroxylation is 2. The number of hydrogen-bond donors (Lipinski definition) is 0. The number of rotatable bonds is 5. The fourth-order valence-electron chi connectivity index (χ4n) is 2.36. The Hall–Kier alpha value is -2.29. The summed E-state index contributed by atoms with van der Waals surface area (Å²) in [6.45, 7) is 4.37. The van der Waals surface area contributed by atoms with Crippen molar-refractivity contribution in [2.45, 2.75) is 13.8 Å². The first kappa shape index (κ1) is 15.1. The minimum atomic E-state index is 0.130. The zero-order valence-corrected chi connectivity index (χ0v) is 13.0. The average Bonchev–Trinajstić information content (AvgIpc) is 2.47. The lowest BCUT2D eigenvalue weighted by molar-refractivity contribution is 0.1000. The predicted molar refractivity (Wildman–Crippen MR) is 86.5 cm³/mol. The quantitative estimate of drug-likeness (QED) is 0.785. The summed E-state index contributed by atoms with van der Waals surface area (Å²) in [5, 5.41) is 0. The summed E-state index contributed by atoms with van der Waals surface area (Å²) >= 11 is 0. The van der Waals surface area contributed by atoms with Crippen molar-refractivity contribution in [2.24, 2.45) is 0 Å². The summed E-state index contributed by atoms with van der Waals surface area (Å²) in [5.74, 6) is 0.943. The molecule has 21 heavy (non-hydrogen) atoms. The number of hydrogen-bond acceptors (Lipinski definition) is 3. The van der Waals surface area contributed by atoms with Crippen LogP contribution < -0.4 is 9.64 Å². The number of ketones is 1. The van der Waals surface area contributed by atoms with E-state index in [0.29, 0.717) is 6.54 Å². The third-order valence-electron chi connectivity index (χ3n) is 3.58. The number of benzene rings is 2. The summed E-state index contributed by atoms with van der Waals surface area (Å²) in [4.78, 5) is 14.4. The SMILES string of the molecule is COc1ccc(N(C)CC(=O)c2ccc(C)cc2C)cc1. The second-order valence-electron chi connectivity index (χ2n) is 5.30. The van der Waals surface area contributed by atoms with E-state index in [2.05, 4.69) is 0 Å². The number of Topliss-reactive ketones (excluding diaryl/α,β-unsaturated/α-hetero) is 1. The number of carbonyl (C=O) groups is 1. The molecule has 0 spiro atoms. The van der Waals surface area contributed by atoms with Gasteiger partial charge in [0.25, 0.3) is 0 Å². The third-order valence-corrected chi connectivity index (χ3v) is 3.58. The van der Waals surface area contributed by atoms with E-state index in [4.69, 9.17) is 4.74 Å². The van der Waals surface area contributed by atoms with Crippen LogP contribution in [-0.4, -0.2) is 26.5 Å². The molecule has 0 unspecified atom stereocenters. The van der Waals surface area contributed by atoms with Gasteiger partial charge in [-0.2, -0.15) is 0 Å². The maximum atomic E-state index is 12.4. The van der Waals surface area contributed by atoms with Crippen molar-refractivity contribution in [3.05, 3.63) is 59.2 Å². The number of methoxy groups -OCH3 is 1. The maximum absolute atomic E-state index is 12.4. The van der Waals surface area contributed by atoms with Crippen LogP contribution in [0, 0.1) is 13.8 Å². The highest BCUT2D eigenvalue weighted by atomic mass is 16.5. The molecule has 0 radical (unpaired) electrons. The topological polar surface area (TPSA) is 29.5 Å². The molecule has 2 aromatic carbocycles. The average molecular weight is 283 g/mol. The molecule has 0 saturated carbocycles. The Kier molecular flexibility index (Phi) is 4.63. The lowest BCUT2D eigenvalue weighted by Gasteiger charge is -2.19. The Labute approximate surface area is 126 Å². The summed E-state index contributed by atoms with van der Waals surface area (Å²) in [7, 11) is 3.56. The highest BCUT2D eigenvalue weighted by molar-refractivity contribution is 6.00. The van der Waals surface area contributed by atoms with Crippen LogP contribution in [0.5, 0.6) is 5.75 Å². The van der Waals surface area contributed by atoms with Crippen LogP contribution in [-0.2, 0) is 0 Å². The summed E-state index contributed by atoms with van der Waals surface area (Å²) in [6, 6.07) is 13.6. The van der Waals surface area contributed by atoms with Crippen LogP contribution in [0.15, 0.2) is 42.5 Å². The molecule has 110 valence electrons. The molecule has 0 aromatic heterocycles. The molecular weight excluding hydrogens is 262 g/mol. The molecule has 0 atom stereocenters. The van der Waals surface area contributed by atoms with Gasteiger partial charge in [-0.15, -0.1) is 0 Å². The fraction of sp³-hybridized carbons (Fsp3) is 0.278. The van der Waals surface area contributed by atoms with Crippen molar-refractivity contribution in [2.75, 3.05) is 25.6 Å². The summed E-state index contributed by atoms with van der Waals surface area (Å²) in [5.41, 5.74) is 3.99. The van der Waals surface area contributed by atoms with Gasteiger partial charge < -0.3 is 9.64 Å². The van der Waals surface area contributed by atoms with Gasteiger partial charge in [-0.3, -0.25) is 4.79 Å². The summed E-state index contributed by atoms with van der Waals surface area (Å²) < 4.78 is 5.14. The molecule has 0 amide bonds. The molecule has 0 aliphatic carbocycles. The lowest BCUT2D eigenvalue weighted by atomic mass is 10.0. The van der Waals surface area contributed by atoms with Gasteiger partial charge in [-0.1, -0.05) is 23.8 Å². The van der Waals surface area contributed by atoms with Crippen molar-refractivity contribution < 1.29 is 9.53 Å². The molecule has 0 saturated heterocycles.